The Labute approximate surface area is 149 Å². The van der Waals surface area contributed by atoms with Gasteiger partial charge in [0.25, 0.3) is 15.9 Å². The number of carbonyl (C=O) groups is 2. The highest BCUT2D eigenvalue weighted by Gasteiger charge is 2.25. The van der Waals surface area contributed by atoms with Crippen molar-refractivity contribution in [3.05, 3.63) is 35.7 Å². The summed E-state index contributed by atoms with van der Waals surface area (Å²) in [5, 5.41) is 6.69. The number of carbonyl (C=O) groups excluding carboxylic acids is 2. The molecule has 0 unspecified atom stereocenters. The van der Waals surface area contributed by atoms with E-state index in [-0.39, 0.29) is 23.7 Å². The number of sulfonamides is 1. The smallest absolute Gasteiger partial charge is 0.340 e. The summed E-state index contributed by atoms with van der Waals surface area (Å²) in [4.78, 5) is 25.6. The van der Waals surface area contributed by atoms with Crippen LogP contribution >= 0.6 is 0 Å². The molecule has 0 saturated carbocycles. The summed E-state index contributed by atoms with van der Waals surface area (Å²) in [5.74, 6) is -0.568. The van der Waals surface area contributed by atoms with Gasteiger partial charge in [-0.2, -0.15) is 5.10 Å². The fourth-order valence-corrected chi connectivity index (χ4v) is 3.41. The van der Waals surface area contributed by atoms with E-state index in [4.69, 9.17) is 4.74 Å². The van der Waals surface area contributed by atoms with Gasteiger partial charge in [-0.3, -0.25) is 9.48 Å². The second-order valence-electron chi connectivity index (χ2n) is 5.77. The lowest BCUT2D eigenvalue weighted by Gasteiger charge is -2.26. The molecule has 10 nitrogen and oxygen atoms in total. The van der Waals surface area contributed by atoms with Crippen LogP contribution in [0.5, 0.6) is 0 Å². The quantitative estimate of drug-likeness (QED) is 0.713. The number of aromatic nitrogens is 2. The number of amides is 1. The number of aryl methyl sites for hydroxylation is 2. The maximum atomic E-state index is 12.1. The zero-order chi connectivity index (χ0) is 18.9. The Bertz CT molecular complexity index is 957. The van der Waals surface area contributed by atoms with Crippen LogP contribution in [-0.4, -0.2) is 59.7 Å². The highest BCUT2D eigenvalue weighted by molar-refractivity contribution is 7.90. The van der Waals surface area contributed by atoms with E-state index in [9.17, 15) is 18.0 Å². The molecule has 1 aromatic heterocycles. The lowest BCUT2D eigenvalue weighted by Crippen LogP contribution is -2.37. The van der Waals surface area contributed by atoms with Gasteiger partial charge in [0, 0.05) is 25.9 Å². The van der Waals surface area contributed by atoms with E-state index < -0.39 is 28.5 Å². The van der Waals surface area contributed by atoms with Crippen molar-refractivity contribution in [3.63, 3.8) is 0 Å². The second-order valence-corrected chi connectivity index (χ2v) is 7.52. The Morgan fingerprint density at radius 2 is 2.12 bits per heavy atom. The van der Waals surface area contributed by atoms with E-state index in [1.807, 2.05) is 0 Å². The lowest BCUT2D eigenvalue weighted by molar-refractivity contribution is -0.143. The van der Waals surface area contributed by atoms with Crippen molar-refractivity contribution in [2.75, 3.05) is 24.2 Å². The lowest BCUT2D eigenvalue weighted by atomic mass is 10.2. The van der Waals surface area contributed by atoms with E-state index in [1.54, 1.807) is 24.9 Å². The van der Waals surface area contributed by atoms with Crippen molar-refractivity contribution < 1.29 is 22.7 Å². The molecule has 0 aliphatic carbocycles. The van der Waals surface area contributed by atoms with Crippen molar-refractivity contribution in [3.8, 4) is 0 Å². The standard InChI is InChI=1S/C15H17N5O5S/c1-10-7-13(19(2)17-10)16-14(21)9-25-15(22)11-3-4-12-18-26(23,24)6-5-20(12)8-11/h3-4,7-8H,5-6,9H2,1-2H3,(H,16,21). The normalized spacial score (nSPS) is 17.8. The average Bonchev–Trinajstić information content (AvgIpc) is 2.88. The summed E-state index contributed by atoms with van der Waals surface area (Å²) < 4.78 is 33.1. The van der Waals surface area contributed by atoms with Gasteiger partial charge in [-0.05, 0) is 19.1 Å². The van der Waals surface area contributed by atoms with E-state index in [0.717, 1.165) is 5.69 Å². The fraction of sp³-hybridized carbons (Fsp3) is 0.333. The number of anilines is 1. The van der Waals surface area contributed by atoms with Gasteiger partial charge in [-0.1, -0.05) is 0 Å². The van der Waals surface area contributed by atoms with Crippen LogP contribution in [0.15, 0.2) is 34.4 Å². The molecule has 2 aliphatic rings. The first-order valence-electron chi connectivity index (χ1n) is 7.70. The second kappa shape index (κ2) is 6.75. The van der Waals surface area contributed by atoms with Crippen molar-refractivity contribution in [1.82, 2.24) is 14.7 Å². The minimum absolute atomic E-state index is 0.129. The summed E-state index contributed by atoms with van der Waals surface area (Å²) >= 11 is 0. The third-order valence-electron chi connectivity index (χ3n) is 3.66. The van der Waals surface area contributed by atoms with Crippen LogP contribution in [0.4, 0.5) is 5.82 Å². The van der Waals surface area contributed by atoms with Gasteiger partial charge in [-0.15, -0.1) is 4.40 Å². The van der Waals surface area contributed by atoms with Crippen LogP contribution in [0.2, 0.25) is 0 Å². The number of ether oxygens (including phenoxy) is 1. The molecule has 1 amide bonds. The van der Waals surface area contributed by atoms with Crippen LogP contribution in [0.1, 0.15) is 5.69 Å². The number of nitrogens with one attached hydrogen (secondary N) is 1. The molecule has 1 aromatic rings. The first kappa shape index (κ1) is 17.9. The molecule has 3 rings (SSSR count). The Balaban J connectivity index is 1.57. The Hall–Kier alpha value is -2.95. The predicted molar refractivity (Wildman–Crippen MR) is 92.7 cm³/mol. The molecule has 0 bridgehead atoms. The number of amidine groups is 1. The van der Waals surface area contributed by atoms with Crippen LogP contribution in [0.3, 0.4) is 0 Å². The van der Waals surface area contributed by atoms with E-state index in [1.165, 1.54) is 23.0 Å². The van der Waals surface area contributed by atoms with Crippen LogP contribution < -0.4 is 5.32 Å². The predicted octanol–water partition coefficient (Wildman–Crippen LogP) is -0.292. The molecule has 138 valence electrons. The highest BCUT2D eigenvalue weighted by Crippen LogP contribution is 2.16. The first-order valence-corrected chi connectivity index (χ1v) is 9.31. The van der Waals surface area contributed by atoms with Crippen molar-refractivity contribution in [2.24, 2.45) is 11.4 Å². The van der Waals surface area contributed by atoms with Gasteiger partial charge in [0.15, 0.2) is 6.61 Å². The molecule has 0 saturated heterocycles. The third-order valence-corrected chi connectivity index (χ3v) is 4.83. The molecular weight excluding hydrogens is 362 g/mol. The maximum Gasteiger partial charge on any atom is 0.340 e. The number of fused-ring (bicyclic) bond motifs is 1. The van der Waals surface area contributed by atoms with Gasteiger partial charge in [0.2, 0.25) is 0 Å². The van der Waals surface area contributed by atoms with Gasteiger partial charge in [-0.25, -0.2) is 13.2 Å². The zero-order valence-corrected chi connectivity index (χ0v) is 15.0. The average molecular weight is 379 g/mol. The van der Waals surface area contributed by atoms with Crippen molar-refractivity contribution in [2.45, 2.75) is 6.92 Å². The minimum Gasteiger partial charge on any atom is -0.452 e. The SMILES string of the molecule is Cc1cc(NC(=O)COC(=O)C2=CN3CCS(=O)(=O)N=C3C=C2)n(C)n1. The van der Waals surface area contributed by atoms with Crippen molar-refractivity contribution >= 4 is 33.6 Å². The highest BCUT2D eigenvalue weighted by atomic mass is 32.2. The van der Waals surface area contributed by atoms with Gasteiger partial charge < -0.3 is 15.0 Å². The summed E-state index contributed by atoms with van der Waals surface area (Å²) in [6, 6.07) is 1.69. The molecule has 3 heterocycles. The number of esters is 1. The van der Waals surface area contributed by atoms with Crippen LogP contribution in [0.25, 0.3) is 0 Å². The number of hydrogen-bond donors (Lipinski definition) is 1. The summed E-state index contributed by atoms with van der Waals surface area (Å²) in [6.45, 7) is 1.53. The van der Waals surface area contributed by atoms with Gasteiger partial charge in [0.1, 0.15) is 11.7 Å². The molecular formula is C15H17N5O5S. The summed E-state index contributed by atoms with van der Waals surface area (Å²) in [5.41, 5.74) is 0.950. The molecule has 0 aromatic carbocycles. The van der Waals surface area contributed by atoms with E-state index in [2.05, 4.69) is 14.8 Å². The zero-order valence-electron chi connectivity index (χ0n) is 14.2. The summed E-state index contributed by atoms with van der Waals surface area (Å²) in [6.07, 6.45) is 4.28. The maximum absolute atomic E-state index is 12.1. The first-order chi connectivity index (χ1) is 12.2. The van der Waals surface area contributed by atoms with Gasteiger partial charge >= 0.3 is 5.97 Å². The molecule has 0 spiro atoms. The molecule has 0 fully saturated rings. The fourth-order valence-electron chi connectivity index (χ4n) is 2.44. The van der Waals surface area contributed by atoms with Crippen molar-refractivity contribution in [1.29, 1.82) is 0 Å². The Morgan fingerprint density at radius 1 is 1.35 bits per heavy atom. The molecule has 2 aliphatic heterocycles. The molecule has 0 radical (unpaired) electrons. The monoisotopic (exact) mass is 379 g/mol. The Morgan fingerprint density at radius 3 is 2.81 bits per heavy atom. The molecule has 11 heteroatoms. The minimum atomic E-state index is -3.45. The summed E-state index contributed by atoms with van der Waals surface area (Å²) in [7, 11) is -1.77. The van der Waals surface area contributed by atoms with Gasteiger partial charge in [0.05, 0.1) is 17.0 Å². The molecule has 1 N–H and O–H groups in total. The largest absolute Gasteiger partial charge is 0.452 e. The third kappa shape index (κ3) is 3.99. The van der Waals surface area contributed by atoms with E-state index >= 15 is 0 Å². The molecule has 0 atom stereocenters. The van der Waals surface area contributed by atoms with Crippen LogP contribution in [0, 0.1) is 6.92 Å². The Kier molecular flexibility index (Phi) is 4.64. The number of rotatable bonds is 4. The van der Waals surface area contributed by atoms with Crippen LogP contribution in [-0.2, 0) is 31.4 Å². The molecule has 26 heavy (non-hydrogen) atoms. The van der Waals surface area contributed by atoms with E-state index in [0.29, 0.717) is 5.82 Å². The number of nitrogens with zero attached hydrogens (tertiary/aromatic N) is 4. The topological polar surface area (TPSA) is 123 Å². The number of hydrogen-bond acceptors (Lipinski definition) is 7.